The van der Waals surface area contributed by atoms with Crippen molar-refractivity contribution >= 4 is 17.3 Å². The van der Waals surface area contributed by atoms with Gasteiger partial charge in [0.1, 0.15) is 11.4 Å². The Hall–Kier alpha value is -1.99. The Morgan fingerprint density at radius 3 is 2.52 bits per heavy atom. The summed E-state index contributed by atoms with van der Waals surface area (Å²) in [6.07, 6.45) is -3.80. The minimum Gasteiger partial charge on any atom is -0.495 e. The van der Waals surface area contributed by atoms with Crippen molar-refractivity contribution in [3.8, 4) is 17.0 Å². The molecule has 2 N–H and O–H groups in total. The molecule has 112 valence electrons. The number of alkyl halides is 3. The van der Waals surface area contributed by atoms with Crippen molar-refractivity contribution in [1.82, 2.24) is 4.98 Å². The van der Waals surface area contributed by atoms with Crippen molar-refractivity contribution in [3.05, 3.63) is 41.0 Å². The molecule has 21 heavy (non-hydrogen) atoms. The third kappa shape index (κ3) is 3.20. The van der Waals surface area contributed by atoms with E-state index >= 15 is 0 Å². The fraction of sp³-hybridized carbons (Fsp3) is 0.154. The van der Waals surface area contributed by atoms with Crippen LogP contribution in [0.15, 0.2) is 30.5 Å². The lowest BCUT2D eigenvalue weighted by Crippen LogP contribution is -2.05. The van der Waals surface area contributed by atoms with Crippen molar-refractivity contribution < 1.29 is 23.1 Å². The average molecular weight is 319 g/mol. The van der Waals surface area contributed by atoms with Crippen LogP contribution in [0.25, 0.3) is 11.3 Å². The van der Waals surface area contributed by atoms with E-state index in [1.54, 1.807) is 6.07 Å². The molecule has 0 bridgehead atoms. The molecule has 0 aliphatic heterocycles. The Kier molecular flexibility index (Phi) is 4.24. The lowest BCUT2D eigenvalue weighted by Gasteiger charge is -2.11. The van der Waals surface area contributed by atoms with Crippen molar-refractivity contribution in [2.45, 2.75) is 6.18 Å². The minimum absolute atomic E-state index is 0.140. The molecule has 4 nitrogen and oxygen atoms in total. The summed E-state index contributed by atoms with van der Waals surface area (Å²) in [6.45, 7) is 0. The third-order valence-corrected chi connectivity index (χ3v) is 3.05. The largest absolute Gasteiger partial charge is 0.495 e. The molecule has 2 aromatic rings. The number of hydrogen-bond acceptors (Lipinski definition) is 4. The standard InChI is InChI=1S/C13H10ClF3N2O2/c1-21-11-3-2-7(4-10(11)19-20)12-9(14)5-8(6-18-12)13(15,16)17/h2-6,19-20H,1H3. The molecule has 0 saturated heterocycles. The second kappa shape index (κ2) is 5.79. The van der Waals surface area contributed by atoms with Gasteiger partial charge in [-0.1, -0.05) is 11.6 Å². The molecular formula is C13H10ClF3N2O2. The van der Waals surface area contributed by atoms with Crippen molar-refractivity contribution in [1.29, 1.82) is 0 Å². The normalized spacial score (nSPS) is 11.3. The first kappa shape index (κ1) is 15.4. The Balaban J connectivity index is 2.48. The number of pyridine rings is 1. The zero-order valence-corrected chi connectivity index (χ0v) is 11.5. The predicted octanol–water partition coefficient (Wildman–Crippen LogP) is 4.23. The molecular weight excluding hydrogens is 309 g/mol. The molecule has 0 amide bonds. The lowest BCUT2D eigenvalue weighted by atomic mass is 10.1. The molecule has 0 atom stereocenters. The van der Waals surface area contributed by atoms with E-state index in [1.807, 2.05) is 5.48 Å². The summed E-state index contributed by atoms with van der Waals surface area (Å²) in [5.41, 5.74) is 1.86. The third-order valence-electron chi connectivity index (χ3n) is 2.76. The molecule has 1 heterocycles. The van der Waals surface area contributed by atoms with Crippen LogP contribution in [0.5, 0.6) is 5.75 Å². The summed E-state index contributed by atoms with van der Waals surface area (Å²) in [5.74, 6) is 0.365. The summed E-state index contributed by atoms with van der Waals surface area (Å²) < 4.78 is 42.7. The number of aromatic nitrogens is 1. The van der Waals surface area contributed by atoms with E-state index in [0.717, 1.165) is 6.07 Å². The Bertz CT molecular complexity index is 662. The van der Waals surface area contributed by atoms with Crippen LogP contribution >= 0.6 is 11.6 Å². The topological polar surface area (TPSA) is 54.4 Å². The maximum absolute atomic E-state index is 12.6. The summed E-state index contributed by atoms with van der Waals surface area (Å²) >= 11 is 5.86. The average Bonchev–Trinajstić information content (AvgIpc) is 2.45. The molecule has 0 unspecified atom stereocenters. The van der Waals surface area contributed by atoms with Gasteiger partial charge in [-0.15, -0.1) is 0 Å². The van der Waals surface area contributed by atoms with Crippen molar-refractivity contribution in [2.75, 3.05) is 12.6 Å². The van der Waals surface area contributed by atoms with E-state index in [4.69, 9.17) is 21.5 Å². The highest BCUT2D eigenvalue weighted by Gasteiger charge is 2.31. The fourth-order valence-electron chi connectivity index (χ4n) is 1.75. The number of nitrogens with one attached hydrogen (secondary N) is 1. The van der Waals surface area contributed by atoms with Crippen LogP contribution in [0.1, 0.15) is 5.56 Å². The van der Waals surface area contributed by atoms with Gasteiger partial charge in [-0.25, -0.2) is 0 Å². The Morgan fingerprint density at radius 2 is 2.00 bits per heavy atom. The van der Waals surface area contributed by atoms with E-state index in [9.17, 15) is 13.2 Å². The number of ether oxygens (including phenoxy) is 1. The smallest absolute Gasteiger partial charge is 0.417 e. The van der Waals surface area contributed by atoms with Crippen molar-refractivity contribution in [3.63, 3.8) is 0 Å². The Morgan fingerprint density at radius 1 is 1.29 bits per heavy atom. The molecule has 0 saturated carbocycles. The van der Waals surface area contributed by atoms with E-state index in [2.05, 4.69) is 4.98 Å². The van der Waals surface area contributed by atoms with Crippen LogP contribution in [0.2, 0.25) is 5.02 Å². The van der Waals surface area contributed by atoms with Gasteiger partial charge in [0.25, 0.3) is 0 Å². The molecule has 1 aromatic heterocycles. The molecule has 8 heteroatoms. The van der Waals surface area contributed by atoms with Gasteiger partial charge in [-0.2, -0.15) is 13.2 Å². The summed E-state index contributed by atoms with van der Waals surface area (Å²) in [4.78, 5) is 3.74. The molecule has 0 radical (unpaired) electrons. The number of halogens is 4. The van der Waals surface area contributed by atoms with E-state index in [1.165, 1.54) is 19.2 Å². The first-order chi connectivity index (χ1) is 9.86. The van der Waals surface area contributed by atoms with E-state index in [0.29, 0.717) is 17.5 Å². The number of benzene rings is 1. The highest BCUT2D eigenvalue weighted by Crippen LogP contribution is 2.36. The molecule has 0 spiro atoms. The molecule has 1 aromatic carbocycles. The van der Waals surface area contributed by atoms with E-state index < -0.39 is 11.7 Å². The van der Waals surface area contributed by atoms with Crippen LogP contribution in [-0.4, -0.2) is 17.3 Å². The molecule has 0 aliphatic rings. The number of anilines is 1. The second-order valence-electron chi connectivity index (χ2n) is 4.08. The quantitative estimate of drug-likeness (QED) is 0.832. The minimum atomic E-state index is -4.51. The zero-order valence-electron chi connectivity index (χ0n) is 10.7. The predicted molar refractivity (Wildman–Crippen MR) is 71.6 cm³/mol. The summed E-state index contributed by atoms with van der Waals surface area (Å²) in [7, 11) is 1.42. The maximum atomic E-state index is 12.6. The van der Waals surface area contributed by atoms with Gasteiger partial charge in [-0.3, -0.25) is 15.7 Å². The maximum Gasteiger partial charge on any atom is 0.417 e. The first-order valence-electron chi connectivity index (χ1n) is 5.68. The molecule has 0 aliphatic carbocycles. The van der Waals surface area contributed by atoms with Crippen LogP contribution < -0.4 is 10.2 Å². The SMILES string of the molecule is COc1ccc(-c2ncc(C(F)(F)F)cc2Cl)cc1NO. The zero-order chi connectivity index (χ0) is 15.6. The highest BCUT2D eigenvalue weighted by atomic mass is 35.5. The lowest BCUT2D eigenvalue weighted by molar-refractivity contribution is -0.137. The number of nitrogens with zero attached hydrogens (tertiary/aromatic N) is 1. The van der Waals surface area contributed by atoms with Crippen LogP contribution in [-0.2, 0) is 6.18 Å². The monoisotopic (exact) mass is 318 g/mol. The van der Waals surface area contributed by atoms with Crippen LogP contribution in [0.3, 0.4) is 0 Å². The van der Waals surface area contributed by atoms with Crippen LogP contribution in [0.4, 0.5) is 18.9 Å². The van der Waals surface area contributed by atoms with Gasteiger partial charge < -0.3 is 4.74 Å². The molecule has 2 rings (SSSR count). The van der Waals surface area contributed by atoms with Gasteiger partial charge >= 0.3 is 6.18 Å². The first-order valence-corrected chi connectivity index (χ1v) is 6.06. The molecule has 0 fully saturated rings. The number of hydrogen-bond donors (Lipinski definition) is 2. The highest BCUT2D eigenvalue weighted by molar-refractivity contribution is 6.33. The van der Waals surface area contributed by atoms with Crippen molar-refractivity contribution in [2.24, 2.45) is 0 Å². The summed E-state index contributed by atoms with van der Waals surface area (Å²) in [5, 5.41) is 8.87. The van der Waals surface area contributed by atoms with Gasteiger partial charge in [0.05, 0.1) is 23.4 Å². The Labute approximate surface area is 123 Å². The number of methoxy groups -OCH3 is 1. The van der Waals surface area contributed by atoms with Gasteiger partial charge in [0.15, 0.2) is 0 Å². The summed E-state index contributed by atoms with van der Waals surface area (Å²) in [6, 6.07) is 5.37. The van der Waals surface area contributed by atoms with Gasteiger partial charge in [0.2, 0.25) is 0 Å². The van der Waals surface area contributed by atoms with E-state index in [-0.39, 0.29) is 16.4 Å². The second-order valence-corrected chi connectivity index (χ2v) is 4.49. The fourth-order valence-corrected chi connectivity index (χ4v) is 2.02. The van der Waals surface area contributed by atoms with Gasteiger partial charge in [-0.05, 0) is 24.3 Å². The van der Waals surface area contributed by atoms with Gasteiger partial charge in [0, 0.05) is 11.8 Å². The number of rotatable bonds is 3. The van der Waals surface area contributed by atoms with Crippen LogP contribution in [0, 0.1) is 0 Å².